The lowest BCUT2D eigenvalue weighted by Crippen LogP contribution is -2.05. The van der Waals surface area contributed by atoms with E-state index in [-0.39, 0.29) is 27.3 Å². The van der Waals surface area contributed by atoms with E-state index < -0.39 is 27.2 Å². The first-order valence-corrected chi connectivity index (χ1v) is 6.50. The van der Waals surface area contributed by atoms with Gasteiger partial charge in [-0.3, -0.25) is 20.2 Å². The number of benzene rings is 1. The van der Waals surface area contributed by atoms with E-state index >= 15 is 0 Å². The molecule has 10 heteroatoms. The second-order valence-electron chi connectivity index (χ2n) is 3.92. The zero-order valence-electron chi connectivity index (χ0n) is 10.7. The second-order valence-corrected chi connectivity index (χ2v) is 4.97. The third kappa shape index (κ3) is 2.48. The van der Waals surface area contributed by atoms with Crippen LogP contribution < -0.4 is 5.73 Å². The molecular formula is C11H9N3O6S. The Labute approximate surface area is 121 Å². The molecule has 0 saturated carbocycles. The van der Waals surface area contributed by atoms with Gasteiger partial charge in [-0.2, -0.15) is 0 Å². The molecule has 0 fully saturated rings. The Morgan fingerprint density at radius 1 is 1.33 bits per heavy atom. The fraction of sp³-hybridized carbons (Fsp3) is 0.182. The van der Waals surface area contributed by atoms with Gasteiger partial charge in [-0.25, -0.2) is 4.79 Å². The summed E-state index contributed by atoms with van der Waals surface area (Å²) in [4.78, 5) is 32.1. The van der Waals surface area contributed by atoms with Crippen LogP contribution in [0.1, 0.15) is 16.6 Å². The molecule has 0 aliphatic heterocycles. The number of hydrogen-bond donors (Lipinski definition) is 1. The summed E-state index contributed by atoms with van der Waals surface area (Å²) in [5.74, 6) is -0.715. The minimum Gasteiger partial charge on any atom is -0.462 e. The topological polar surface area (TPSA) is 139 Å². The van der Waals surface area contributed by atoms with Gasteiger partial charge in [0.15, 0.2) is 0 Å². The molecule has 2 rings (SSSR count). The number of thiophene rings is 1. The molecule has 0 saturated heterocycles. The summed E-state index contributed by atoms with van der Waals surface area (Å²) in [5.41, 5.74) is 4.72. The van der Waals surface area contributed by atoms with E-state index in [9.17, 15) is 25.0 Å². The molecule has 0 radical (unpaired) electrons. The van der Waals surface area contributed by atoms with Gasteiger partial charge in [0.25, 0.3) is 11.4 Å². The van der Waals surface area contributed by atoms with Gasteiger partial charge in [0.1, 0.15) is 4.88 Å². The van der Waals surface area contributed by atoms with Gasteiger partial charge in [-0.1, -0.05) is 0 Å². The number of fused-ring (bicyclic) bond motifs is 1. The van der Waals surface area contributed by atoms with Gasteiger partial charge >= 0.3 is 5.97 Å². The Morgan fingerprint density at radius 3 is 2.52 bits per heavy atom. The van der Waals surface area contributed by atoms with Crippen LogP contribution in [0.15, 0.2) is 12.1 Å². The van der Waals surface area contributed by atoms with Gasteiger partial charge in [0.05, 0.1) is 38.3 Å². The normalized spacial score (nSPS) is 10.5. The van der Waals surface area contributed by atoms with Crippen LogP contribution in [0.5, 0.6) is 0 Å². The Kier molecular flexibility index (Phi) is 3.72. The predicted molar refractivity (Wildman–Crippen MR) is 75.5 cm³/mol. The SMILES string of the molecule is CCOC(=O)c1sc2cc([N+](=O)[O-])cc([N+](=O)[O-])c2c1N. The number of nitrogens with two attached hydrogens (primary N) is 1. The third-order valence-corrected chi connectivity index (χ3v) is 3.79. The molecule has 9 nitrogen and oxygen atoms in total. The van der Waals surface area contributed by atoms with Crippen LogP contribution in [-0.4, -0.2) is 22.4 Å². The molecule has 0 unspecified atom stereocenters. The molecule has 0 aliphatic carbocycles. The zero-order valence-corrected chi connectivity index (χ0v) is 11.5. The van der Waals surface area contributed by atoms with Crippen molar-refractivity contribution in [2.75, 3.05) is 12.3 Å². The molecule has 0 aliphatic rings. The largest absolute Gasteiger partial charge is 0.462 e. The van der Waals surface area contributed by atoms with Crippen LogP contribution >= 0.6 is 11.3 Å². The molecule has 1 heterocycles. The van der Waals surface area contributed by atoms with Crippen molar-refractivity contribution in [2.24, 2.45) is 0 Å². The summed E-state index contributed by atoms with van der Waals surface area (Å²) < 4.78 is 5.00. The molecule has 21 heavy (non-hydrogen) atoms. The highest BCUT2D eigenvalue weighted by atomic mass is 32.1. The monoisotopic (exact) mass is 311 g/mol. The smallest absolute Gasteiger partial charge is 0.350 e. The van der Waals surface area contributed by atoms with E-state index in [2.05, 4.69) is 0 Å². The van der Waals surface area contributed by atoms with E-state index in [1.165, 1.54) is 0 Å². The number of carbonyl (C=O) groups excluding carboxylic acids is 1. The van der Waals surface area contributed by atoms with E-state index in [1.807, 2.05) is 0 Å². The number of non-ortho nitro benzene ring substituents is 2. The quantitative estimate of drug-likeness (QED) is 0.519. The van der Waals surface area contributed by atoms with Crippen molar-refractivity contribution < 1.29 is 19.4 Å². The van der Waals surface area contributed by atoms with Crippen LogP contribution in [0.2, 0.25) is 0 Å². The molecular weight excluding hydrogens is 302 g/mol. The van der Waals surface area contributed by atoms with Crippen LogP contribution in [-0.2, 0) is 4.74 Å². The molecule has 0 amide bonds. The van der Waals surface area contributed by atoms with Gasteiger partial charge in [0.2, 0.25) is 0 Å². The van der Waals surface area contributed by atoms with Crippen molar-refractivity contribution in [1.82, 2.24) is 0 Å². The first kappa shape index (κ1) is 14.7. The molecule has 2 N–H and O–H groups in total. The van der Waals surface area contributed by atoms with Crippen molar-refractivity contribution in [3.05, 3.63) is 37.2 Å². The number of hydrogen-bond acceptors (Lipinski definition) is 8. The van der Waals surface area contributed by atoms with Crippen molar-refractivity contribution in [1.29, 1.82) is 0 Å². The Bertz CT molecular complexity index is 769. The fourth-order valence-corrected chi connectivity index (χ4v) is 2.88. The Morgan fingerprint density at radius 2 is 2.00 bits per heavy atom. The summed E-state index contributed by atoms with van der Waals surface area (Å²) >= 11 is 0.827. The van der Waals surface area contributed by atoms with Crippen LogP contribution in [0, 0.1) is 20.2 Å². The number of esters is 1. The average molecular weight is 311 g/mol. The lowest BCUT2D eigenvalue weighted by atomic mass is 10.1. The number of nitro benzene ring substituents is 2. The molecule has 0 bridgehead atoms. The molecule has 0 atom stereocenters. The van der Waals surface area contributed by atoms with Gasteiger partial charge in [-0.15, -0.1) is 11.3 Å². The summed E-state index contributed by atoms with van der Waals surface area (Å²) in [7, 11) is 0. The number of nitrogens with zero attached hydrogens (tertiary/aromatic N) is 2. The van der Waals surface area contributed by atoms with Gasteiger partial charge < -0.3 is 10.5 Å². The number of rotatable bonds is 4. The summed E-state index contributed by atoms with van der Waals surface area (Å²) in [6.45, 7) is 1.73. The number of nitrogen functional groups attached to an aromatic ring is 1. The first-order valence-electron chi connectivity index (χ1n) is 5.68. The minimum atomic E-state index is -0.770. The third-order valence-electron chi connectivity index (χ3n) is 2.66. The van der Waals surface area contributed by atoms with Crippen LogP contribution in [0.25, 0.3) is 10.1 Å². The maximum atomic E-state index is 11.7. The molecule has 0 spiro atoms. The van der Waals surface area contributed by atoms with Crippen molar-refractivity contribution in [2.45, 2.75) is 6.92 Å². The highest BCUT2D eigenvalue weighted by Gasteiger charge is 2.27. The average Bonchev–Trinajstić information content (AvgIpc) is 2.75. The highest BCUT2D eigenvalue weighted by molar-refractivity contribution is 7.21. The summed E-state index contributed by atoms with van der Waals surface area (Å²) in [5, 5.41) is 21.9. The number of nitro groups is 2. The maximum Gasteiger partial charge on any atom is 0.350 e. The maximum absolute atomic E-state index is 11.7. The standard InChI is InChI=1S/C11H9N3O6S/c1-2-20-11(15)10-9(12)8-6(14(18)19)3-5(13(16)17)4-7(8)21-10/h3-4H,2,12H2,1H3. The van der Waals surface area contributed by atoms with E-state index in [4.69, 9.17) is 10.5 Å². The number of carbonyl (C=O) groups is 1. The highest BCUT2D eigenvalue weighted by Crippen LogP contribution is 2.42. The lowest BCUT2D eigenvalue weighted by Gasteiger charge is -1.99. The summed E-state index contributed by atoms with van der Waals surface area (Å²) in [6, 6.07) is 1.96. The van der Waals surface area contributed by atoms with Crippen molar-refractivity contribution >= 4 is 44.5 Å². The molecule has 1 aromatic carbocycles. The zero-order chi connectivity index (χ0) is 15.7. The predicted octanol–water partition coefficient (Wildman–Crippen LogP) is 2.48. The summed E-state index contributed by atoms with van der Waals surface area (Å²) in [6.07, 6.45) is 0. The van der Waals surface area contributed by atoms with Crippen LogP contribution in [0.4, 0.5) is 17.1 Å². The second kappa shape index (κ2) is 5.32. The minimum absolute atomic E-state index is 0.00421. The molecule has 110 valence electrons. The van der Waals surface area contributed by atoms with Gasteiger partial charge in [-0.05, 0) is 6.92 Å². The van der Waals surface area contributed by atoms with Crippen LogP contribution in [0.3, 0.4) is 0 Å². The molecule has 2 aromatic rings. The van der Waals surface area contributed by atoms with Crippen molar-refractivity contribution in [3.63, 3.8) is 0 Å². The first-order chi connectivity index (χ1) is 9.86. The van der Waals surface area contributed by atoms with Crippen molar-refractivity contribution in [3.8, 4) is 0 Å². The fourth-order valence-electron chi connectivity index (χ4n) is 1.81. The number of ether oxygens (including phenoxy) is 1. The molecule has 1 aromatic heterocycles. The Balaban J connectivity index is 2.77. The van der Waals surface area contributed by atoms with E-state index in [0.717, 1.165) is 23.5 Å². The van der Waals surface area contributed by atoms with E-state index in [0.29, 0.717) is 0 Å². The Hall–Kier alpha value is -2.75. The van der Waals surface area contributed by atoms with E-state index in [1.54, 1.807) is 6.92 Å². The number of anilines is 1. The lowest BCUT2D eigenvalue weighted by molar-refractivity contribution is -0.393. The van der Waals surface area contributed by atoms with Gasteiger partial charge in [0, 0.05) is 6.07 Å².